The highest BCUT2D eigenvalue weighted by Gasteiger charge is 2.04. The van der Waals surface area contributed by atoms with Gasteiger partial charge in [0, 0.05) is 39.0 Å². The van der Waals surface area contributed by atoms with Gasteiger partial charge in [0.25, 0.3) is 5.56 Å². The zero-order chi connectivity index (χ0) is 15.2. The number of nitrogens with zero attached hydrogens (tertiary/aromatic N) is 3. The number of rotatable bonds is 8. The number of hydrogen-bond acceptors (Lipinski definition) is 6. The van der Waals surface area contributed by atoms with Crippen molar-refractivity contribution in [2.24, 2.45) is 0 Å². The number of anilines is 1. The van der Waals surface area contributed by atoms with Crippen LogP contribution in [0.3, 0.4) is 0 Å². The summed E-state index contributed by atoms with van der Waals surface area (Å²) in [6.45, 7) is 4.10. The number of nitrogens with one attached hydrogen (secondary N) is 1. The first-order valence-corrected chi connectivity index (χ1v) is 8.56. The van der Waals surface area contributed by atoms with Gasteiger partial charge in [-0.25, -0.2) is 13.1 Å². The van der Waals surface area contributed by atoms with E-state index in [1.54, 1.807) is 12.3 Å². The molecule has 0 saturated heterocycles. The van der Waals surface area contributed by atoms with Gasteiger partial charge >= 0.3 is 0 Å². The Kier molecular flexibility index (Phi) is 6.15. The van der Waals surface area contributed by atoms with Crippen molar-refractivity contribution in [1.82, 2.24) is 15.1 Å². The van der Waals surface area contributed by atoms with Crippen LogP contribution >= 0.6 is 0 Å². The van der Waals surface area contributed by atoms with Crippen LogP contribution in [0.5, 0.6) is 0 Å². The van der Waals surface area contributed by atoms with E-state index >= 15 is 0 Å². The molecule has 20 heavy (non-hydrogen) atoms. The Balaban J connectivity index is 2.47. The molecule has 0 aliphatic carbocycles. The predicted molar refractivity (Wildman–Crippen MR) is 80.0 cm³/mol. The van der Waals surface area contributed by atoms with Crippen LogP contribution in [0, 0.1) is 0 Å². The lowest BCUT2D eigenvalue weighted by Crippen LogP contribution is -2.31. The minimum absolute atomic E-state index is 0.0928. The topological polar surface area (TPSA) is 84.3 Å². The van der Waals surface area contributed by atoms with Gasteiger partial charge in [0.15, 0.2) is 0 Å². The molecule has 0 radical (unpaired) electrons. The van der Waals surface area contributed by atoms with E-state index in [0.29, 0.717) is 19.6 Å². The van der Waals surface area contributed by atoms with Crippen molar-refractivity contribution in [2.45, 2.75) is 13.5 Å². The molecule has 1 N–H and O–H groups in total. The summed E-state index contributed by atoms with van der Waals surface area (Å²) >= 11 is 0. The quantitative estimate of drug-likeness (QED) is 0.641. The molecule has 114 valence electrons. The van der Waals surface area contributed by atoms with Gasteiger partial charge in [0.1, 0.15) is 9.84 Å². The Morgan fingerprint density at radius 3 is 2.65 bits per heavy atom. The minimum Gasteiger partial charge on any atom is -0.373 e. The van der Waals surface area contributed by atoms with E-state index in [-0.39, 0.29) is 11.3 Å². The Morgan fingerprint density at radius 2 is 2.10 bits per heavy atom. The number of hydrogen-bond donors (Lipinski definition) is 1. The van der Waals surface area contributed by atoms with E-state index in [1.165, 1.54) is 10.9 Å². The highest BCUT2D eigenvalue weighted by molar-refractivity contribution is 7.90. The van der Waals surface area contributed by atoms with Gasteiger partial charge in [-0.3, -0.25) is 4.79 Å². The standard InChI is InChI=1S/C12H22N4O3S/c1-4-15(2)11-9-12(17)16(14-10-11)7-5-13-6-8-20(3,18)19/h9-10,13H,4-8H2,1-3H3. The molecule has 0 saturated carbocycles. The molecular weight excluding hydrogens is 280 g/mol. The Hall–Kier alpha value is -1.41. The van der Waals surface area contributed by atoms with Crippen molar-refractivity contribution in [1.29, 1.82) is 0 Å². The number of sulfone groups is 1. The predicted octanol–water partition coefficient (Wildman–Crippen LogP) is -0.666. The zero-order valence-corrected chi connectivity index (χ0v) is 13.0. The monoisotopic (exact) mass is 302 g/mol. The fraction of sp³-hybridized carbons (Fsp3) is 0.667. The van der Waals surface area contributed by atoms with Crippen LogP contribution in [0.4, 0.5) is 5.69 Å². The van der Waals surface area contributed by atoms with Crippen molar-refractivity contribution in [3.05, 3.63) is 22.6 Å². The molecule has 0 bridgehead atoms. The molecule has 0 aliphatic rings. The minimum atomic E-state index is -2.95. The van der Waals surface area contributed by atoms with Crippen LogP contribution in [0.15, 0.2) is 17.1 Å². The van der Waals surface area contributed by atoms with Crippen molar-refractivity contribution >= 4 is 15.5 Å². The van der Waals surface area contributed by atoms with Gasteiger partial charge < -0.3 is 10.2 Å². The molecule has 1 heterocycles. The highest BCUT2D eigenvalue weighted by atomic mass is 32.2. The normalized spacial score (nSPS) is 11.6. The second kappa shape index (κ2) is 7.39. The molecule has 1 aromatic heterocycles. The zero-order valence-electron chi connectivity index (χ0n) is 12.2. The van der Waals surface area contributed by atoms with Crippen molar-refractivity contribution in [2.75, 3.05) is 43.6 Å². The van der Waals surface area contributed by atoms with E-state index in [2.05, 4.69) is 10.4 Å². The molecule has 0 amide bonds. The maximum atomic E-state index is 11.8. The third kappa shape index (κ3) is 5.70. The molecule has 0 aromatic carbocycles. The van der Waals surface area contributed by atoms with Gasteiger partial charge in [-0.1, -0.05) is 0 Å². The van der Waals surface area contributed by atoms with Crippen molar-refractivity contribution in [3.8, 4) is 0 Å². The summed E-state index contributed by atoms with van der Waals surface area (Å²) in [7, 11) is -1.05. The average molecular weight is 302 g/mol. The third-order valence-electron chi connectivity index (χ3n) is 2.92. The molecule has 8 heteroatoms. The number of aromatic nitrogens is 2. The summed E-state index contributed by atoms with van der Waals surface area (Å²) in [5.74, 6) is 0.0928. The van der Waals surface area contributed by atoms with Gasteiger partial charge in [-0.15, -0.1) is 0 Å². The Morgan fingerprint density at radius 1 is 1.40 bits per heavy atom. The second-order valence-electron chi connectivity index (χ2n) is 4.67. The molecule has 1 rings (SSSR count). The van der Waals surface area contributed by atoms with Crippen molar-refractivity contribution in [3.63, 3.8) is 0 Å². The van der Waals surface area contributed by atoms with Crippen LogP contribution in [0.2, 0.25) is 0 Å². The van der Waals surface area contributed by atoms with E-state index in [4.69, 9.17) is 0 Å². The molecule has 0 unspecified atom stereocenters. The first kappa shape index (κ1) is 16.6. The summed E-state index contributed by atoms with van der Waals surface area (Å²) in [6, 6.07) is 1.55. The van der Waals surface area contributed by atoms with Gasteiger partial charge in [0.05, 0.1) is 24.2 Å². The fourth-order valence-corrected chi connectivity index (χ4v) is 2.07. The van der Waals surface area contributed by atoms with E-state index in [9.17, 15) is 13.2 Å². The maximum absolute atomic E-state index is 11.8. The fourth-order valence-electron chi connectivity index (χ4n) is 1.55. The third-order valence-corrected chi connectivity index (χ3v) is 3.87. The summed E-state index contributed by atoms with van der Waals surface area (Å²) in [5, 5.41) is 7.07. The van der Waals surface area contributed by atoms with Crippen LogP contribution in [0.1, 0.15) is 6.92 Å². The molecular formula is C12H22N4O3S. The molecule has 0 atom stereocenters. The van der Waals surface area contributed by atoms with Crippen LogP contribution < -0.4 is 15.8 Å². The van der Waals surface area contributed by atoms with Gasteiger partial charge in [0.2, 0.25) is 0 Å². The Labute approximate surface area is 119 Å². The highest BCUT2D eigenvalue weighted by Crippen LogP contribution is 2.05. The van der Waals surface area contributed by atoms with E-state index < -0.39 is 9.84 Å². The molecule has 7 nitrogen and oxygen atoms in total. The first-order chi connectivity index (χ1) is 9.33. The SMILES string of the molecule is CCN(C)c1cnn(CCNCCS(C)(=O)=O)c(=O)c1. The Bertz CT molecular complexity index is 583. The van der Waals surface area contributed by atoms with E-state index in [1.807, 2.05) is 18.9 Å². The van der Waals surface area contributed by atoms with Crippen LogP contribution in [0.25, 0.3) is 0 Å². The lowest BCUT2D eigenvalue weighted by Gasteiger charge is -2.16. The first-order valence-electron chi connectivity index (χ1n) is 6.50. The summed E-state index contributed by atoms with van der Waals surface area (Å²) in [5.41, 5.74) is 0.631. The maximum Gasteiger partial charge on any atom is 0.268 e. The van der Waals surface area contributed by atoms with E-state index in [0.717, 1.165) is 12.2 Å². The van der Waals surface area contributed by atoms with Crippen LogP contribution in [-0.4, -0.2) is 56.9 Å². The van der Waals surface area contributed by atoms with Gasteiger partial charge in [-0.2, -0.15) is 5.10 Å². The summed E-state index contributed by atoms with van der Waals surface area (Å²) < 4.78 is 23.2. The summed E-state index contributed by atoms with van der Waals surface area (Å²) in [6.07, 6.45) is 2.85. The lowest BCUT2D eigenvalue weighted by atomic mass is 10.4. The van der Waals surface area contributed by atoms with Gasteiger partial charge in [-0.05, 0) is 6.92 Å². The molecule has 0 fully saturated rings. The second-order valence-corrected chi connectivity index (χ2v) is 6.93. The molecule has 0 spiro atoms. The summed E-state index contributed by atoms with van der Waals surface area (Å²) in [4.78, 5) is 13.8. The lowest BCUT2D eigenvalue weighted by molar-refractivity contribution is 0.537. The van der Waals surface area contributed by atoms with Crippen LogP contribution in [-0.2, 0) is 16.4 Å². The van der Waals surface area contributed by atoms with Crippen molar-refractivity contribution < 1.29 is 8.42 Å². The largest absolute Gasteiger partial charge is 0.373 e. The molecule has 0 aliphatic heterocycles. The smallest absolute Gasteiger partial charge is 0.268 e. The average Bonchev–Trinajstić information content (AvgIpc) is 2.37. The molecule has 1 aromatic rings.